The first-order chi connectivity index (χ1) is 13.5. The fraction of sp³-hybridized carbons (Fsp3) is 0.190. The molecule has 144 valence electrons. The number of nitriles is 1. The average molecular weight is 378 g/mol. The Morgan fingerprint density at radius 1 is 1.11 bits per heavy atom. The van der Waals surface area contributed by atoms with Gasteiger partial charge in [0.15, 0.2) is 0 Å². The number of anilines is 2. The molecule has 0 aliphatic rings. The molecule has 0 bridgehead atoms. The number of amides is 2. The van der Waals surface area contributed by atoms with Gasteiger partial charge in [0.05, 0.1) is 7.11 Å². The molecule has 0 spiro atoms. The van der Waals surface area contributed by atoms with Crippen molar-refractivity contribution in [3.05, 3.63) is 65.9 Å². The van der Waals surface area contributed by atoms with E-state index in [1.54, 1.807) is 31.4 Å². The fourth-order valence-corrected chi connectivity index (χ4v) is 2.41. The number of ether oxygens (including phenoxy) is 1. The van der Waals surface area contributed by atoms with Gasteiger partial charge < -0.3 is 20.7 Å². The van der Waals surface area contributed by atoms with Crippen LogP contribution >= 0.6 is 0 Å². The molecule has 0 aliphatic carbocycles. The van der Waals surface area contributed by atoms with Gasteiger partial charge >= 0.3 is 0 Å². The molecule has 0 saturated carbocycles. The van der Waals surface area contributed by atoms with E-state index >= 15 is 0 Å². The van der Waals surface area contributed by atoms with Crippen LogP contribution in [0.25, 0.3) is 0 Å². The van der Waals surface area contributed by atoms with Crippen LogP contribution in [-0.4, -0.2) is 25.5 Å². The van der Waals surface area contributed by atoms with Gasteiger partial charge in [0.1, 0.15) is 17.4 Å². The van der Waals surface area contributed by atoms with Crippen molar-refractivity contribution >= 4 is 23.2 Å². The number of benzene rings is 2. The fourth-order valence-electron chi connectivity index (χ4n) is 2.41. The van der Waals surface area contributed by atoms with Gasteiger partial charge in [-0.3, -0.25) is 9.59 Å². The summed E-state index contributed by atoms with van der Waals surface area (Å²) >= 11 is 0. The third-order valence-corrected chi connectivity index (χ3v) is 3.77. The smallest absolute Gasteiger partial charge is 0.267 e. The summed E-state index contributed by atoms with van der Waals surface area (Å²) in [7, 11) is 1.62. The number of hydrogen-bond acceptors (Lipinski definition) is 5. The van der Waals surface area contributed by atoms with Crippen LogP contribution in [-0.2, 0) is 16.0 Å². The minimum atomic E-state index is -0.511. The van der Waals surface area contributed by atoms with Crippen LogP contribution in [0.15, 0.2) is 60.3 Å². The lowest BCUT2D eigenvalue weighted by molar-refractivity contribution is -0.114. The summed E-state index contributed by atoms with van der Waals surface area (Å²) < 4.78 is 5.18. The van der Waals surface area contributed by atoms with Crippen LogP contribution in [0.4, 0.5) is 11.4 Å². The maximum absolute atomic E-state index is 12.2. The van der Waals surface area contributed by atoms with Crippen LogP contribution in [0.5, 0.6) is 5.75 Å². The Hall–Kier alpha value is -3.79. The minimum absolute atomic E-state index is 0.0309. The first-order valence-corrected chi connectivity index (χ1v) is 8.67. The standard InChI is InChI=1S/C21H22N4O3/c1-15(26)24-18-6-8-19(9-7-18)25-21(27)17(13-22)14-23-11-10-16-4-3-5-20(12-16)28-2/h3-9,12,14,23H,10-11H2,1-2H3,(H,24,26)(H,25,27)/b17-14-. The van der Waals surface area contributed by atoms with Gasteiger partial charge in [-0.05, 0) is 48.4 Å². The third kappa shape index (κ3) is 6.50. The van der Waals surface area contributed by atoms with Crippen LogP contribution in [0.3, 0.4) is 0 Å². The molecule has 7 heteroatoms. The number of methoxy groups -OCH3 is 1. The lowest BCUT2D eigenvalue weighted by atomic mass is 10.1. The van der Waals surface area contributed by atoms with E-state index in [2.05, 4.69) is 16.0 Å². The van der Waals surface area contributed by atoms with Gasteiger partial charge in [0.2, 0.25) is 5.91 Å². The van der Waals surface area contributed by atoms with E-state index in [0.717, 1.165) is 17.7 Å². The number of carbonyl (C=O) groups is 2. The Morgan fingerprint density at radius 3 is 2.39 bits per heavy atom. The van der Waals surface area contributed by atoms with Crippen LogP contribution in [0, 0.1) is 11.3 Å². The molecule has 0 radical (unpaired) electrons. The predicted octanol–water partition coefficient (Wildman–Crippen LogP) is 2.83. The Labute approximate surface area is 164 Å². The van der Waals surface area contributed by atoms with E-state index in [9.17, 15) is 14.9 Å². The van der Waals surface area contributed by atoms with E-state index in [-0.39, 0.29) is 11.5 Å². The second-order valence-electron chi connectivity index (χ2n) is 5.94. The van der Waals surface area contributed by atoms with Crippen molar-refractivity contribution < 1.29 is 14.3 Å². The second kappa shape index (κ2) is 10.4. The zero-order valence-electron chi connectivity index (χ0n) is 15.8. The molecule has 2 aromatic carbocycles. The second-order valence-corrected chi connectivity index (χ2v) is 5.94. The summed E-state index contributed by atoms with van der Waals surface area (Å²) in [6.45, 7) is 1.98. The molecule has 2 rings (SSSR count). The van der Waals surface area contributed by atoms with Gasteiger partial charge in [0.25, 0.3) is 5.91 Å². The molecular formula is C21H22N4O3. The Morgan fingerprint density at radius 2 is 1.79 bits per heavy atom. The molecule has 0 heterocycles. The van der Waals surface area contributed by atoms with Crippen molar-refractivity contribution in [1.82, 2.24) is 5.32 Å². The topological polar surface area (TPSA) is 103 Å². The van der Waals surface area contributed by atoms with Gasteiger partial charge in [0, 0.05) is 31.0 Å². The van der Waals surface area contributed by atoms with Crippen molar-refractivity contribution in [2.24, 2.45) is 0 Å². The molecule has 0 aliphatic heterocycles. The average Bonchev–Trinajstić information content (AvgIpc) is 2.69. The zero-order chi connectivity index (χ0) is 20.4. The maximum atomic E-state index is 12.2. The lowest BCUT2D eigenvalue weighted by Crippen LogP contribution is -2.18. The molecule has 0 unspecified atom stereocenters. The summed E-state index contributed by atoms with van der Waals surface area (Å²) in [6.07, 6.45) is 2.12. The van der Waals surface area contributed by atoms with Crippen molar-refractivity contribution in [3.63, 3.8) is 0 Å². The normalized spacial score (nSPS) is 10.5. The first kappa shape index (κ1) is 20.5. The first-order valence-electron chi connectivity index (χ1n) is 8.67. The zero-order valence-corrected chi connectivity index (χ0v) is 15.8. The Balaban J connectivity index is 1.88. The highest BCUT2D eigenvalue weighted by atomic mass is 16.5. The van der Waals surface area contributed by atoms with E-state index in [4.69, 9.17) is 4.74 Å². The van der Waals surface area contributed by atoms with Crippen LogP contribution in [0.1, 0.15) is 12.5 Å². The SMILES string of the molecule is COc1cccc(CCN/C=C(/C#N)C(=O)Nc2ccc(NC(C)=O)cc2)c1. The molecule has 0 fully saturated rings. The number of nitrogens with one attached hydrogen (secondary N) is 3. The molecule has 0 saturated heterocycles. The summed E-state index contributed by atoms with van der Waals surface area (Å²) in [5, 5.41) is 17.5. The molecule has 28 heavy (non-hydrogen) atoms. The largest absolute Gasteiger partial charge is 0.497 e. The van der Waals surface area contributed by atoms with Gasteiger partial charge in [-0.15, -0.1) is 0 Å². The molecule has 0 atom stereocenters. The van der Waals surface area contributed by atoms with Gasteiger partial charge in [-0.2, -0.15) is 5.26 Å². The van der Waals surface area contributed by atoms with Crippen LogP contribution in [0.2, 0.25) is 0 Å². The predicted molar refractivity (Wildman–Crippen MR) is 108 cm³/mol. The van der Waals surface area contributed by atoms with Crippen molar-refractivity contribution in [3.8, 4) is 11.8 Å². The van der Waals surface area contributed by atoms with Crippen LogP contribution < -0.4 is 20.7 Å². The summed E-state index contributed by atoms with van der Waals surface area (Å²) in [4.78, 5) is 23.2. The van der Waals surface area contributed by atoms with E-state index in [0.29, 0.717) is 17.9 Å². The molecule has 7 nitrogen and oxygen atoms in total. The van der Waals surface area contributed by atoms with E-state index in [1.807, 2.05) is 30.3 Å². The highest BCUT2D eigenvalue weighted by Gasteiger charge is 2.09. The molecular weight excluding hydrogens is 356 g/mol. The van der Waals surface area contributed by atoms with Crippen molar-refractivity contribution in [1.29, 1.82) is 5.26 Å². The van der Waals surface area contributed by atoms with Gasteiger partial charge in [-0.25, -0.2) is 0 Å². The van der Waals surface area contributed by atoms with Crippen molar-refractivity contribution in [2.45, 2.75) is 13.3 Å². The summed E-state index contributed by atoms with van der Waals surface area (Å²) in [5.41, 5.74) is 2.21. The highest BCUT2D eigenvalue weighted by Crippen LogP contribution is 2.14. The maximum Gasteiger partial charge on any atom is 0.267 e. The van der Waals surface area contributed by atoms with E-state index in [1.165, 1.54) is 13.1 Å². The molecule has 3 N–H and O–H groups in total. The monoisotopic (exact) mass is 378 g/mol. The Bertz CT molecular complexity index is 899. The summed E-state index contributed by atoms with van der Waals surface area (Å²) in [6, 6.07) is 16.2. The quantitative estimate of drug-likeness (QED) is 0.372. The highest BCUT2D eigenvalue weighted by molar-refractivity contribution is 6.06. The number of carbonyl (C=O) groups excluding carboxylic acids is 2. The van der Waals surface area contributed by atoms with Crippen molar-refractivity contribution in [2.75, 3.05) is 24.3 Å². The minimum Gasteiger partial charge on any atom is -0.497 e. The molecule has 2 amide bonds. The molecule has 2 aromatic rings. The summed E-state index contributed by atoms with van der Waals surface area (Å²) in [5.74, 6) is 0.102. The molecule has 0 aromatic heterocycles. The lowest BCUT2D eigenvalue weighted by Gasteiger charge is -2.07. The van der Waals surface area contributed by atoms with E-state index < -0.39 is 5.91 Å². The number of nitrogens with zero attached hydrogens (tertiary/aromatic N) is 1. The number of hydrogen-bond donors (Lipinski definition) is 3. The van der Waals surface area contributed by atoms with Gasteiger partial charge in [-0.1, -0.05) is 12.1 Å². The number of rotatable bonds is 8. The Kier molecular flexibility index (Phi) is 7.61. The third-order valence-electron chi connectivity index (χ3n) is 3.77.